The molecule has 1 unspecified atom stereocenters. The first kappa shape index (κ1) is 17.1. The van der Waals surface area contributed by atoms with Gasteiger partial charge in [0.1, 0.15) is 23.2 Å². The largest absolute Gasteiger partial charge is 0.508 e. The molecule has 0 saturated heterocycles. The molecule has 7 heteroatoms. The number of nitrogens with two attached hydrogens (primary N) is 1. The first-order valence-electron chi connectivity index (χ1n) is 6.84. The van der Waals surface area contributed by atoms with Crippen LogP contribution in [-0.4, -0.2) is 17.7 Å². The first-order chi connectivity index (χ1) is 10.9. The van der Waals surface area contributed by atoms with E-state index < -0.39 is 11.9 Å². The van der Waals surface area contributed by atoms with Gasteiger partial charge in [-0.3, -0.25) is 0 Å². The van der Waals surface area contributed by atoms with Gasteiger partial charge in [0.05, 0.1) is 18.1 Å². The van der Waals surface area contributed by atoms with Gasteiger partial charge in [0, 0.05) is 3.57 Å². The lowest BCUT2D eigenvalue weighted by Gasteiger charge is -2.27. The SMILES string of the molecule is CCOC(=O)C1=C(C)OC(N)=C(C#N)C1c1cc(O)ccc1I. The van der Waals surface area contributed by atoms with E-state index in [1.54, 1.807) is 19.9 Å². The zero-order valence-corrected chi connectivity index (χ0v) is 14.7. The molecule has 1 aliphatic rings. The molecule has 1 heterocycles. The molecule has 2 rings (SSSR count). The fraction of sp³-hybridized carbons (Fsp3) is 0.250. The van der Waals surface area contributed by atoms with Crippen LogP contribution in [0.25, 0.3) is 0 Å². The summed E-state index contributed by atoms with van der Waals surface area (Å²) in [7, 11) is 0. The highest BCUT2D eigenvalue weighted by molar-refractivity contribution is 14.1. The Morgan fingerprint density at radius 1 is 1.57 bits per heavy atom. The second-order valence-electron chi connectivity index (χ2n) is 4.82. The van der Waals surface area contributed by atoms with Gasteiger partial charge in [0.2, 0.25) is 5.88 Å². The van der Waals surface area contributed by atoms with E-state index in [0.717, 1.165) is 3.57 Å². The van der Waals surface area contributed by atoms with Gasteiger partial charge < -0.3 is 20.3 Å². The lowest BCUT2D eigenvalue weighted by molar-refractivity contribution is -0.139. The van der Waals surface area contributed by atoms with Crippen LogP contribution in [-0.2, 0) is 14.3 Å². The molecule has 0 fully saturated rings. The zero-order valence-electron chi connectivity index (χ0n) is 12.6. The van der Waals surface area contributed by atoms with Crippen molar-refractivity contribution in [1.29, 1.82) is 5.26 Å². The fourth-order valence-electron chi connectivity index (χ4n) is 2.42. The highest BCUT2D eigenvalue weighted by Crippen LogP contribution is 2.42. The van der Waals surface area contributed by atoms with Crippen LogP contribution in [0.15, 0.2) is 41.0 Å². The Balaban J connectivity index is 2.69. The molecule has 0 spiro atoms. The summed E-state index contributed by atoms with van der Waals surface area (Å²) in [5.41, 5.74) is 6.73. The van der Waals surface area contributed by atoms with Crippen LogP contribution in [0.1, 0.15) is 25.3 Å². The van der Waals surface area contributed by atoms with Gasteiger partial charge in [0.25, 0.3) is 0 Å². The van der Waals surface area contributed by atoms with E-state index in [1.165, 1.54) is 12.1 Å². The summed E-state index contributed by atoms with van der Waals surface area (Å²) >= 11 is 2.08. The lowest BCUT2D eigenvalue weighted by atomic mass is 9.83. The molecule has 120 valence electrons. The average molecular weight is 426 g/mol. The minimum Gasteiger partial charge on any atom is -0.508 e. The molecule has 0 amide bonds. The van der Waals surface area contributed by atoms with Gasteiger partial charge in [-0.15, -0.1) is 0 Å². The first-order valence-corrected chi connectivity index (χ1v) is 7.92. The summed E-state index contributed by atoms with van der Waals surface area (Å²) < 4.78 is 11.2. The highest BCUT2D eigenvalue weighted by Gasteiger charge is 2.37. The summed E-state index contributed by atoms with van der Waals surface area (Å²) in [6.07, 6.45) is 0. The Morgan fingerprint density at radius 2 is 2.26 bits per heavy atom. The number of hydrogen-bond donors (Lipinski definition) is 2. The minimum atomic E-state index is -0.744. The van der Waals surface area contributed by atoms with E-state index in [2.05, 4.69) is 22.6 Å². The second kappa shape index (κ2) is 6.91. The number of phenolic OH excluding ortho intramolecular Hbond substituents is 1. The number of rotatable bonds is 3. The summed E-state index contributed by atoms with van der Waals surface area (Å²) in [4.78, 5) is 12.4. The maximum Gasteiger partial charge on any atom is 0.338 e. The number of halogens is 1. The van der Waals surface area contributed by atoms with Crippen molar-refractivity contribution >= 4 is 28.6 Å². The van der Waals surface area contributed by atoms with E-state index in [1.807, 2.05) is 6.07 Å². The molecule has 0 aliphatic carbocycles. The topological polar surface area (TPSA) is 106 Å². The monoisotopic (exact) mass is 426 g/mol. The molecule has 0 saturated carbocycles. The van der Waals surface area contributed by atoms with E-state index in [4.69, 9.17) is 15.2 Å². The Kier molecular flexibility index (Phi) is 5.15. The van der Waals surface area contributed by atoms with E-state index >= 15 is 0 Å². The van der Waals surface area contributed by atoms with Gasteiger partial charge in [-0.25, -0.2) is 4.79 Å². The van der Waals surface area contributed by atoms with Crippen LogP contribution in [0, 0.1) is 14.9 Å². The van der Waals surface area contributed by atoms with Crippen molar-refractivity contribution in [1.82, 2.24) is 0 Å². The smallest absolute Gasteiger partial charge is 0.338 e. The summed E-state index contributed by atoms with van der Waals surface area (Å²) in [6, 6.07) is 6.74. The number of nitriles is 1. The van der Waals surface area contributed by atoms with E-state index in [0.29, 0.717) is 5.56 Å². The standard InChI is InChI=1S/C16H15IN2O4/c1-3-22-16(21)13-8(2)23-15(19)11(7-18)14(13)10-6-9(20)4-5-12(10)17/h4-6,14,20H,3,19H2,1-2H3. The molecule has 1 aromatic carbocycles. The van der Waals surface area contributed by atoms with Crippen LogP contribution >= 0.6 is 22.6 Å². The van der Waals surface area contributed by atoms with E-state index in [9.17, 15) is 15.2 Å². The molecule has 0 aromatic heterocycles. The number of esters is 1. The Labute approximate surface area is 147 Å². The van der Waals surface area contributed by atoms with Gasteiger partial charge in [0.15, 0.2) is 0 Å². The van der Waals surface area contributed by atoms with Gasteiger partial charge >= 0.3 is 5.97 Å². The third-order valence-corrected chi connectivity index (χ3v) is 4.37. The number of hydrogen-bond acceptors (Lipinski definition) is 6. The van der Waals surface area contributed by atoms with Crippen LogP contribution in [0.4, 0.5) is 0 Å². The Bertz CT molecular complexity index is 762. The van der Waals surface area contributed by atoms with Crippen LogP contribution < -0.4 is 5.73 Å². The van der Waals surface area contributed by atoms with Gasteiger partial charge in [-0.2, -0.15) is 5.26 Å². The number of phenols is 1. The third kappa shape index (κ3) is 3.27. The maximum absolute atomic E-state index is 12.4. The molecule has 0 bridgehead atoms. The molecule has 1 aromatic rings. The fourth-order valence-corrected chi connectivity index (χ4v) is 3.07. The number of carbonyl (C=O) groups excluding carboxylic acids is 1. The number of benzene rings is 1. The minimum absolute atomic E-state index is 0.0311. The van der Waals surface area contributed by atoms with Crippen molar-refractivity contribution < 1.29 is 19.4 Å². The van der Waals surface area contributed by atoms with Crippen LogP contribution in [0.3, 0.4) is 0 Å². The van der Waals surface area contributed by atoms with Crippen LogP contribution in [0.5, 0.6) is 5.75 Å². The second-order valence-corrected chi connectivity index (χ2v) is 5.98. The summed E-state index contributed by atoms with van der Waals surface area (Å²) in [5, 5.41) is 19.3. The van der Waals surface area contributed by atoms with Crippen molar-refractivity contribution in [3.63, 3.8) is 0 Å². The molecule has 23 heavy (non-hydrogen) atoms. The molecule has 6 nitrogen and oxygen atoms in total. The summed E-state index contributed by atoms with van der Waals surface area (Å²) in [6.45, 7) is 3.48. The number of carbonyl (C=O) groups is 1. The maximum atomic E-state index is 12.4. The van der Waals surface area contributed by atoms with Crippen molar-refractivity contribution in [2.75, 3.05) is 6.61 Å². The van der Waals surface area contributed by atoms with E-state index in [-0.39, 0.29) is 35.1 Å². The molecule has 1 atom stereocenters. The number of allylic oxidation sites excluding steroid dienone is 2. The van der Waals surface area contributed by atoms with Gasteiger partial charge in [-0.05, 0) is 60.2 Å². The van der Waals surface area contributed by atoms with Crippen molar-refractivity contribution in [2.45, 2.75) is 19.8 Å². The average Bonchev–Trinajstić information content (AvgIpc) is 2.49. The predicted octanol–water partition coefficient (Wildman–Crippen LogP) is 2.64. The molecule has 3 N–H and O–H groups in total. The predicted molar refractivity (Wildman–Crippen MR) is 90.8 cm³/mol. The van der Waals surface area contributed by atoms with Crippen LogP contribution in [0.2, 0.25) is 0 Å². The molecular formula is C16H15IN2O4. The number of aromatic hydroxyl groups is 1. The third-order valence-electron chi connectivity index (χ3n) is 3.39. The van der Waals surface area contributed by atoms with Gasteiger partial charge in [-0.1, -0.05) is 0 Å². The Hall–Kier alpha value is -2.21. The molecule has 0 radical (unpaired) electrons. The molecular weight excluding hydrogens is 411 g/mol. The van der Waals surface area contributed by atoms with Crippen molar-refractivity contribution in [3.8, 4) is 11.8 Å². The highest BCUT2D eigenvalue weighted by atomic mass is 127. The van der Waals surface area contributed by atoms with Crippen molar-refractivity contribution in [3.05, 3.63) is 50.1 Å². The molecule has 1 aliphatic heterocycles. The number of nitrogens with zero attached hydrogens (tertiary/aromatic N) is 1. The summed E-state index contributed by atoms with van der Waals surface area (Å²) in [5.74, 6) is -1.06. The Morgan fingerprint density at radius 3 is 2.87 bits per heavy atom. The quantitative estimate of drug-likeness (QED) is 0.569. The zero-order chi connectivity index (χ0) is 17.1. The van der Waals surface area contributed by atoms with Crippen molar-refractivity contribution in [2.24, 2.45) is 5.73 Å². The normalized spacial score (nSPS) is 17.6. The lowest BCUT2D eigenvalue weighted by Crippen LogP contribution is -2.26. The number of ether oxygens (including phenoxy) is 2.